The van der Waals surface area contributed by atoms with Crippen LogP contribution in [0, 0.1) is 0 Å². The van der Waals surface area contributed by atoms with Crippen molar-refractivity contribution in [1.29, 1.82) is 0 Å². The van der Waals surface area contributed by atoms with Crippen molar-refractivity contribution in [3.8, 4) is 0 Å². The SMILES string of the molecule is CC(=O)O[C@@H]1C[C@@H](CO)O[C@H]1n1cc(/C(Cl)=C\I)c(=O)[nH]c1=O. The summed E-state index contributed by atoms with van der Waals surface area (Å²) in [6.45, 7) is 0.952. The zero-order chi connectivity index (χ0) is 17.1. The molecular formula is C13H14ClIN2O6. The molecule has 1 fully saturated rings. The number of aliphatic hydroxyl groups is 1. The van der Waals surface area contributed by atoms with E-state index in [0.717, 1.165) is 4.57 Å². The summed E-state index contributed by atoms with van der Waals surface area (Å²) in [5, 5.41) is 9.39. The Bertz CT molecular complexity index is 743. The van der Waals surface area contributed by atoms with Gasteiger partial charge in [-0.05, 0) is 4.08 Å². The van der Waals surface area contributed by atoms with E-state index >= 15 is 0 Å². The number of hydrogen-bond acceptors (Lipinski definition) is 6. The van der Waals surface area contributed by atoms with Gasteiger partial charge in [0.25, 0.3) is 5.56 Å². The van der Waals surface area contributed by atoms with Crippen molar-refractivity contribution < 1.29 is 19.4 Å². The largest absolute Gasteiger partial charge is 0.458 e. The lowest BCUT2D eigenvalue weighted by molar-refractivity contribution is -0.152. The summed E-state index contributed by atoms with van der Waals surface area (Å²) in [5.74, 6) is -0.537. The van der Waals surface area contributed by atoms with Crippen molar-refractivity contribution in [2.45, 2.75) is 31.8 Å². The summed E-state index contributed by atoms with van der Waals surface area (Å²) in [4.78, 5) is 37.3. The number of halogens is 2. The second kappa shape index (κ2) is 7.60. The van der Waals surface area contributed by atoms with E-state index in [-0.39, 0.29) is 23.6 Å². The molecule has 1 aliphatic rings. The molecule has 2 N–H and O–H groups in total. The van der Waals surface area contributed by atoms with Crippen LogP contribution in [0.2, 0.25) is 0 Å². The molecule has 2 heterocycles. The number of aromatic amines is 1. The molecule has 3 atom stereocenters. The van der Waals surface area contributed by atoms with E-state index in [1.165, 1.54) is 17.2 Å². The first-order chi connectivity index (χ1) is 10.9. The zero-order valence-corrected chi connectivity index (χ0v) is 14.9. The summed E-state index contributed by atoms with van der Waals surface area (Å²) in [5.41, 5.74) is -1.28. The minimum Gasteiger partial charge on any atom is -0.458 e. The number of carbonyl (C=O) groups is 1. The number of nitrogens with zero attached hydrogens (tertiary/aromatic N) is 1. The fourth-order valence-corrected chi connectivity index (χ4v) is 2.77. The van der Waals surface area contributed by atoms with Gasteiger partial charge in [0, 0.05) is 19.5 Å². The fourth-order valence-electron chi connectivity index (χ4n) is 2.30. The first kappa shape index (κ1) is 18.2. The van der Waals surface area contributed by atoms with E-state index in [1.54, 1.807) is 0 Å². The topological polar surface area (TPSA) is 111 Å². The first-order valence-corrected chi connectivity index (χ1v) is 8.25. The van der Waals surface area contributed by atoms with Gasteiger partial charge in [-0.15, -0.1) is 0 Å². The Morgan fingerprint density at radius 2 is 2.35 bits per heavy atom. The number of aromatic nitrogens is 2. The van der Waals surface area contributed by atoms with Gasteiger partial charge in [-0.25, -0.2) is 4.79 Å². The van der Waals surface area contributed by atoms with Crippen LogP contribution < -0.4 is 11.2 Å². The molecule has 0 aliphatic carbocycles. The van der Waals surface area contributed by atoms with Crippen LogP contribution in [-0.4, -0.2) is 39.4 Å². The van der Waals surface area contributed by atoms with Crippen LogP contribution in [0.5, 0.6) is 0 Å². The Morgan fingerprint density at radius 1 is 1.65 bits per heavy atom. The highest BCUT2D eigenvalue weighted by Crippen LogP contribution is 2.30. The molecule has 23 heavy (non-hydrogen) atoms. The summed E-state index contributed by atoms with van der Waals surface area (Å²) < 4.78 is 13.3. The van der Waals surface area contributed by atoms with Crippen LogP contribution in [0.25, 0.3) is 5.03 Å². The number of rotatable bonds is 4. The number of esters is 1. The summed E-state index contributed by atoms with van der Waals surface area (Å²) >= 11 is 7.82. The monoisotopic (exact) mass is 456 g/mol. The van der Waals surface area contributed by atoms with Gasteiger partial charge in [-0.1, -0.05) is 34.2 Å². The van der Waals surface area contributed by atoms with Gasteiger partial charge >= 0.3 is 11.7 Å². The van der Waals surface area contributed by atoms with E-state index in [9.17, 15) is 19.5 Å². The fraction of sp³-hybridized carbons (Fsp3) is 0.462. The number of H-pyrrole nitrogens is 1. The molecule has 1 aliphatic heterocycles. The first-order valence-electron chi connectivity index (χ1n) is 6.62. The zero-order valence-electron chi connectivity index (χ0n) is 12.0. The maximum atomic E-state index is 12.1. The van der Waals surface area contributed by atoms with Crippen LogP contribution in [0.1, 0.15) is 25.1 Å². The van der Waals surface area contributed by atoms with E-state index in [2.05, 4.69) is 4.98 Å². The number of hydrogen-bond donors (Lipinski definition) is 2. The van der Waals surface area contributed by atoms with Crippen molar-refractivity contribution in [3.63, 3.8) is 0 Å². The number of carbonyl (C=O) groups excluding carboxylic acids is 1. The van der Waals surface area contributed by atoms with Crippen LogP contribution >= 0.6 is 34.2 Å². The van der Waals surface area contributed by atoms with Crippen LogP contribution in [-0.2, 0) is 14.3 Å². The molecule has 0 amide bonds. The molecule has 0 saturated carbocycles. The van der Waals surface area contributed by atoms with Crippen molar-refractivity contribution in [2.24, 2.45) is 0 Å². The standard InChI is InChI=1S/C13H14ClIN2O6/c1-6(19)22-10-2-7(5-18)23-12(10)17-4-8(9(14)3-15)11(20)16-13(17)21/h3-4,7,10,12,18H,2,5H2,1H3,(H,16,20,21)/b9-3+/t7-,10+,12+/m0/s1. The van der Waals surface area contributed by atoms with Gasteiger partial charge in [-0.2, -0.15) is 0 Å². The second-order valence-electron chi connectivity index (χ2n) is 4.88. The predicted molar refractivity (Wildman–Crippen MR) is 90.3 cm³/mol. The minimum absolute atomic E-state index is 0.0818. The third-order valence-electron chi connectivity index (χ3n) is 3.26. The highest BCUT2D eigenvalue weighted by atomic mass is 127. The highest BCUT2D eigenvalue weighted by Gasteiger charge is 2.39. The van der Waals surface area contributed by atoms with E-state index < -0.39 is 35.7 Å². The summed E-state index contributed by atoms with van der Waals surface area (Å²) in [6.07, 6.45) is -0.819. The van der Waals surface area contributed by atoms with Crippen LogP contribution in [0.4, 0.5) is 0 Å². The molecule has 0 aromatic carbocycles. The quantitative estimate of drug-likeness (QED) is 0.510. The molecule has 10 heteroatoms. The molecule has 1 aromatic heterocycles. The Labute approximate surface area is 149 Å². The smallest absolute Gasteiger partial charge is 0.330 e. The highest BCUT2D eigenvalue weighted by molar-refractivity contribution is 14.1. The van der Waals surface area contributed by atoms with Crippen molar-refractivity contribution >= 4 is 45.2 Å². The average Bonchev–Trinajstić information content (AvgIpc) is 2.88. The van der Waals surface area contributed by atoms with Gasteiger partial charge in [0.15, 0.2) is 6.23 Å². The Morgan fingerprint density at radius 3 is 2.91 bits per heavy atom. The van der Waals surface area contributed by atoms with Crippen LogP contribution in [0.15, 0.2) is 19.9 Å². The number of nitrogens with one attached hydrogen (secondary N) is 1. The lowest BCUT2D eigenvalue weighted by Crippen LogP contribution is -2.37. The third-order valence-corrected chi connectivity index (χ3v) is 4.56. The predicted octanol–water partition coefficient (Wildman–Crippen LogP) is 0.720. The Kier molecular flexibility index (Phi) is 6.00. The molecular weight excluding hydrogens is 443 g/mol. The van der Waals surface area contributed by atoms with E-state index in [1.807, 2.05) is 22.6 Å². The molecule has 0 unspecified atom stereocenters. The molecule has 2 rings (SSSR count). The maximum absolute atomic E-state index is 12.1. The van der Waals surface area contributed by atoms with Gasteiger partial charge in [0.2, 0.25) is 0 Å². The molecule has 1 aromatic rings. The lowest BCUT2D eigenvalue weighted by atomic mass is 10.2. The molecule has 126 valence electrons. The van der Waals surface area contributed by atoms with E-state index in [0.29, 0.717) is 0 Å². The Balaban J connectivity index is 2.48. The normalized spacial score (nSPS) is 24.7. The lowest BCUT2D eigenvalue weighted by Gasteiger charge is -2.20. The molecule has 8 nitrogen and oxygen atoms in total. The van der Waals surface area contributed by atoms with E-state index in [4.69, 9.17) is 21.1 Å². The third kappa shape index (κ3) is 4.03. The van der Waals surface area contributed by atoms with Gasteiger partial charge in [0.05, 0.1) is 23.3 Å². The summed E-state index contributed by atoms with van der Waals surface area (Å²) in [6, 6.07) is 0. The average molecular weight is 457 g/mol. The second-order valence-corrected chi connectivity index (χ2v) is 5.91. The van der Waals surface area contributed by atoms with Crippen molar-refractivity contribution in [1.82, 2.24) is 9.55 Å². The van der Waals surface area contributed by atoms with Crippen molar-refractivity contribution in [3.05, 3.63) is 36.7 Å². The number of aliphatic hydroxyl groups excluding tert-OH is 1. The molecule has 1 saturated heterocycles. The van der Waals surface area contributed by atoms with Crippen LogP contribution in [0.3, 0.4) is 0 Å². The number of ether oxygens (including phenoxy) is 2. The molecule has 0 spiro atoms. The molecule has 0 bridgehead atoms. The molecule has 0 radical (unpaired) electrons. The summed E-state index contributed by atoms with van der Waals surface area (Å²) in [7, 11) is 0. The minimum atomic E-state index is -0.960. The van der Waals surface area contributed by atoms with Gasteiger partial charge in [-0.3, -0.25) is 19.1 Å². The maximum Gasteiger partial charge on any atom is 0.330 e. The Hall–Kier alpha value is -1.17. The van der Waals surface area contributed by atoms with Crippen molar-refractivity contribution in [2.75, 3.05) is 6.61 Å². The van der Waals surface area contributed by atoms with Gasteiger partial charge < -0.3 is 14.6 Å². The van der Waals surface area contributed by atoms with Gasteiger partial charge in [0.1, 0.15) is 6.10 Å².